The van der Waals surface area contributed by atoms with Gasteiger partial charge in [-0.15, -0.1) is 0 Å². The van der Waals surface area contributed by atoms with E-state index in [0.29, 0.717) is 17.0 Å². The number of fused-ring (bicyclic) bond motifs is 1. The number of aryl methyl sites for hydroxylation is 1. The zero-order valence-electron chi connectivity index (χ0n) is 13.5. The molecule has 0 saturated heterocycles. The minimum Gasteiger partial charge on any atom is -0.324 e. The van der Waals surface area contributed by atoms with Gasteiger partial charge in [-0.1, -0.05) is 18.2 Å². The molecule has 1 aromatic carbocycles. The van der Waals surface area contributed by atoms with Crippen LogP contribution in [0.1, 0.15) is 5.69 Å². The van der Waals surface area contributed by atoms with Crippen molar-refractivity contribution in [1.29, 1.82) is 0 Å². The molecule has 6 heteroatoms. The van der Waals surface area contributed by atoms with Gasteiger partial charge in [-0.2, -0.15) is 0 Å². The van der Waals surface area contributed by atoms with Crippen LogP contribution in [0.5, 0.6) is 0 Å². The highest BCUT2D eigenvalue weighted by Crippen LogP contribution is 2.19. The smallest absolute Gasteiger partial charge is 0.286 e. The normalized spacial score (nSPS) is 10.8. The summed E-state index contributed by atoms with van der Waals surface area (Å²) in [4.78, 5) is 26.2. The highest BCUT2D eigenvalue weighted by atomic mass is 16.1. The lowest BCUT2D eigenvalue weighted by atomic mass is 10.3. The van der Waals surface area contributed by atoms with Crippen molar-refractivity contribution in [1.82, 2.24) is 19.5 Å². The molecule has 0 saturated carbocycles. The molecule has 0 amide bonds. The van der Waals surface area contributed by atoms with Gasteiger partial charge in [0.2, 0.25) is 5.95 Å². The van der Waals surface area contributed by atoms with Gasteiger partial charge >= 0.3 is 0 Å². The van der Waals surface area contributed by atoms with Gasteiger partial charge in [0.05, 0.1) is 23.1 Å². The number of pyridine rings is 2. The number of anilines is 2. The third kappa shape index (κ3) is 2.85. The zero-order chi connectivity index (χ0) is 17.2. The second-order valence-electron chi connectivity index (χ2n) is 5.60. The molecule has 4 aromatic rings. The molecular formula is C19H15N5O. The van der Waals surface area contributed by atoms with E-state index < -0.39 is 0 Å². The molecular weight excluding hydrogens is 314 g/mol. The van der Waals surface area contributed by atoms with Crippen LogP contribution in [0.15, 0.2) is 71.8 Å². The first kappa shape index (κ1) is 15.0. The molecule has 0 spiro atoms. The summed E-state index contributed by atoms with van der Waals surface area (Å²) < 4.78 is 1.53. The average Bonchev–Trinajstić information content (AvgIpc) is 2.64. The Hall–Kier alpha value is -3.54. The maximum atomic E-state index is 13.1. The van der Waals surface area contributed by atoms with Crippen molar-refractivity contribution < 1.29 is 0 Å². The number of aromatic nitrogens is 4. The fourth-order valence-electron chi connectivity index (χ4n) is 2.63. The predicted octanol–water partition coefficient (Wildman–Crippen LogP) is 3.23. The van der Waals surface area contributed by atoms with Crippen molar-refractivity contribution in [3.63, 3.8) is 0 Å². The number of hydrogen-bond donors (Lipinski definition) is 1. The Kier molecular flexibility index (Phi) is 3.70. The molecule has 0 unspecified atom stereocenters. The molecule has 1 N–H and O–H groups in total. The van der Waals surface area contributed by atoms with Gasteiger partial charge in [0.1, 0.15) is 0 Å². The Morgan fingerprint density at radius 1 is 0.960 bits per heavy atom. The Bertz CT molecular complexity index is 1090. The summed E-state index contributed by atoms with van der Waals surface area (Å²) >= 11 is 0. The molecule has 0 aliphatic heterocycles. The predicted molar refractivity (Wildman–Crippen MR) is 97.4 cm³/mol. The van der Waals surface area contributed by atoms with Crippen molar-refractivity contribution in [3.8, 4) is 5.69 Å². The van der Waals surface area contributed by atoms with E-state index in [1.54, 1.807) is 12.4 Å². The molecule has 0 radical (unpaired) electrons. The highest BCUT2D eigenvalue weighted by molar-refractivity contribution is 5.76. The third-order valence-corrected chi connectivity index (χ3v) is 3.79. The number of benzene rings is 1. The summed E-state index contributed by atoms with van der Waals surface area (Å²) in [6.07, 6.45) is 3.37. The fraction of sp³-hybridized carbons (Fsp3) is 0.0526. The Labute approximate surface area is 143 Å². The first-order chi connectivity index (χ1) is 12.2. The van der Waals surface area contributed by atoms with Crippen LogP contribution in [0.3, 0.4) is 0 Å². The molecule has 0 atom stereocenters. The van der Waals surface area contributed by atoms with E-state index in [9.17, 15) is 4.79 Å². The van der Waals surface area contributed by atoms with Crippen LogP contribution in [0, 0.1) is 6.92 Å². The van der Waals surface area contributed by atoms with Crippen LogP contribution >= 0.6 is 0 Å². The molecule has 4 rings (SSSR count). The Morgan fingerprint density at radius 2 is 1.80 bits per heavy atom. The molecule has 0 aliphatic carbocycles. The summed E-state index contributed by atoms with van der Waals surface area (Å²) in [7, 11) is 0. The SMILES string of the molecule is Cc1ccc2nc(Nc3cccnc3)n(-c3ccccc3)c(=O)c2n1. The largest absolute Gasteiger partial charge is 0.324 e. The van der Waals surface area contributed by atoms with Crippen molar-refractivity contribution in [2.24, 2.45) is 0 Å². The first-order valence-corrected chi connectivity index (χ1v) is 7.85. The summed E-state index contributed by atoms with van der Waals surface area (Å²) in [5, 5.41) is 3.18. The van der Waals surface area contributed by atoms with Gasteiger partial charge in [-0.25, -0.2) is 14.5 Å². The van der Waals surface area contributed by atoms with Gasteiger partial charge in [0.15, 0.2) is 5.52 Å². The van der Waals surface area contributed by atoms with Crippen LogP contribution in [0.4, 0.5) is 11.6 Å². The lowest BCUT2D eigenvalue weighted by molar-refractivity contribution is 0.963. The van der Waals surface area contributed by atoms with E-state index in [4.69, 9.17) is 0 Å². The second kappa shape index (κ2) is 6.16. The molecule has 0 fully saturated rings. The van der Waals surface area contributed by atoms with E-state index in [-0.39, 0.29) is 5.56 Å². The number of para-hydroxylation sites is 1. The van der Waals surface area contributed by atoms with Gasteiger partial charge in [0, 0.05) is 11.9 Å². The summed E-state index contributed by atoms with van der Waals surface area (Å²) in [5.41, 5.74) is 2.93. The Morgan fingerprint density at radius 3 is 2.56 bits per heavy atom. The average molecular weight is 329 g/mol. The van der Waals surface area contributed by atoms with E-state index in [1.165, 1.54) is 4.57 Å². The topological polar surface area (TPSA) is 72.7 Å². The third-order valence-electron chi connectivity index (χ3n) is 3.79. The van der Waals surface area contributed by atoms with E-state index in [2.05, 4.69) is 20.3 Å². The van der Waals surface area contributed by atoms with Crippen LogP contribution in [-0.4, -0.2) is 19.5 Å². The van der Waals surface area contributed by atoms with Crippen molar-refractivity contribution >= 4 is 22.7 Å². The number of nitrogens with zero attached hydrogens (tertiary/aromatic N) is 4. The number of hydrogen-bond acceptors (Lipinski definition) is 5. The van der Waals surface area contributed by atoms with Crippen LogP contribution in [-0.2, 0) is 0 Å². The number of nitrogens with one attached hydrogen (secondary N) is 1. The summed E-state index contributed by atoms with van der Waals surface area (Å²) in [6, 6.07) is 16.7. The van der Waals surface area contributed by atoms with Crippen molar-refractivity contribution in [2.75, 3.05) is 5.32 Å². The maximum absolute atomic E-state index is 13.1. The zero-order valence-corrected chi connectivity index (χ0v) is 13.5. The Balaban J connectivity index is 1.99. The molecule has 3 aromatic heterocycles. The minimum atomic E-state index is -0.216. The minimum absolute atomic E-state index is 0.216. The molecule has 3 heterocycles. The molecule has 0 bridgehead atoms. The quantitative estimate of drug-likeness (QED) is 0.625. The second-order valence-corrected chi connectivity index (χ2v) is 5.60. The molecule has 25 heavy (non-hydrogen) atoms. The lowest BCUT2D eigenvalue weighted by Gasteiger charge is -2.14. The van der Waals surface area contributed by atoms with Crippen LogP contribution in [0.25, 0.3) is 16.7 Å². The maximum Gasteiger partial charge on any atom is 0.286 e. The van der Waals surface area contributed by atoms with E-state index >= 15 is 0 Å². The monoisotopic (exact) mass is 329 g/mol. The summed E-state index contributed by atoms with van der Waals surface area (Å²) in [5.74, 6) is 0.419. The molecule has 6 nitrogen and oxygen atoms in total. The van der Waals surface area contributed by atoms with Gasteiger partial charge in [0.25, 0.3) is 5.56 Å². The lowest BCUT2D eigenvalue weighted by Crippen LogP contribution is -2.23. The molecule has 122 valence electrons. The van der Waals surface area contributed by atoms with Crippen LogP contribution < -0.4 is 10.9 Å². The van der Waals surface area contributed by atoms with Gasteiger partial charge in [-0.05, 0) is 43.3 Å². The molecule has 0 aliphatic rings. The van der Waals surface area contributed by atoms with E-state index in [0.717, 1.165) is 17.1 Å². The van der Waals surface area contributed by atoms with Crippen LogP contribution in [0.2, 0.25) is 0 Å². The van der Waals surface area contributed by atoms with Gasteiger partial charge < -0.3 is 5.32 Å². The number of rotatable bonds is 3. The van der Waals surface area contributed by atoms with Crippen molar-refractivity contribution in [2.45, 2.75) is 6.92 Å². The first-order valence-electron chi connectivity index (χ1n) is 7.85. The van der Waals surface area contributed by atoms with Gasteiger partial charge in [-0.3, -0.25) is 9.78 Å². The highest BCUT2D eigenvalue weighted by Gasteiger charge is 2.14. The standard InChI is InChI=1S/C19H15N5O/c1-13-9-10-16-17(21-13)18(25)24(15-7-3-2-4-8-15)19(23-16)22-14-6-5-11-20-12-14/h2-12H,1H3,(H,22,23). The fourth-order valence-corrected chi connectivity index (χ4v) is 2.63. The van der Waals surface area contributed by atoms with Crippen molar-refractivity contribution in [3.05, 3.63) is 83.0 Å². The summed E-state index contributed by atoms with van der Waals surface area (Å²) in [6.45, 7) is 1.85. The van der Waals surface area contributed by atoms with E-state index in [1.807, 2.05) is 61.5 Å².